The average Bonchev–Trinajstić information content (AvgIpc) is 3.13. The number of ether oxygens (including phenoxy) is 2. The Hall–Kier alpha value is -3.17. The third kappa shape index (κ3) is 4.83. The first-order valence-electron chi connectivity index (χ1n) is 11.1. The number of nitrogens with zero attached hydrogens (tertiary/aromatic N) is 3. The molecule has 1 aliphatic heterocycles. The van der Waals surface area contributed by atoms with Crippen LogP contribution in [0.3, 0.4) is 0 Å². The number of halogens is 1. The van der Waals surface area contributed by atoms with Crippen LogP contribution in [0.1, 0.15) is 31.0 Å². The number of carbonyl (C=O) groups excluding carboxylic acids is 1. The summed E-state index contributed by atoms with van der Waals surface area (Å²) in [7, 11) is 5.51. The van der Waals surface area contributed by atoms with Crippen LogP contribution in [0, 0.1) is 0 Å². The van der Waals surface area contributed by atoms with Gasteiger partial charge in [-0.2, -0.15) is 0 Å². The summed E-state index contributed by atoms with van der Waals surface area (Å²) in [6.07, 6.45) is 1.79. The number of thiazole rings is 1. The first kappa shape index (κ1) is 24.9. The van der Waals surface area contributed by atoms with Crippen LogP contribution in [0.25, 0.3) is 6.08 Å². The summed E-state index contributed by atoms with van der Waals surface area (Å²) in [5.41, 5.74) is 3.26. The second-order valence-electron chi connectivity index (χ2n) is 8.17. The van der Waals surface area contributed by atoms with Crippen molar-refractivity contribution in [2.24, 2.45) is 4.99 Å². The minimum absolute atomic E-state index is 0.230. The molecule has 3 aromatic rings. The lowest BCUT2D eigenvalue weighted by Gasteiger charge is -2.25. The number of methoxy groups -OCH3 is 1. The SMILES string of the molecule is CCOC(=O)C1=C(C)N=c2s/c(=C/c3cc(Br)ccc3OC)c(=O)n2C1c1ccc(N(C)C)cc1. The van der Waals surface area contributed by atoms with Crippen LogP contribution in [0.5, 0.6) is 5.75 Å². The lowest BCUT2D eigenvalue weighted by molar-refractivity contribution is -0.139. The number of aromatic nitrogens is 1. The van der Waals surface area contributed by atoms with Gasteiger partial charge in [-0.25, -0.2) is 9.79 Å². The zero-order valence-electron chi connectivity index (χ0n) is 20.2. The molecular weight excluding hydrogens is 530 g/mol. The molecule has 2 aromatic carbocycles. The Balaban J connectivity index is 1.95. The fraction of sp³-hybridized carbons (Fsp3) is 0.269. The first-order chi connectivity index (χ1) is 16.7. The van der Waals surface area contributed by atoms with Gasteiger partial charge >= 0.3 is 5.97 Å². The second kappa shape index (κ2) is 10.2. The van der Waals surface area contributed by atoms with E-state index in [-0.39, 0.29) is 12.2 Å². The van der Waals surface area contributed by atoms with E-state index >= 15 is 0 Å². The summed E-state index contributed by atoms with van der Waals surface area (Å²) in [6, 6.07) is 12.8. The highest BCUT2D eigenvalue weighted by atomic mass is 79.9. The van der Waals surface area contributed by atoms with Crippen molar-refractivity contribution in [2.45, 2.75) is 19.9 Å². The number of benzene rings is 2. The molecule has 1 unspecified atom stereocenters. The number of esters is 1. The molecule has 0 aliphatic carbocycles. The Morgan fingerprint density at radius 1 is 1.23 bits per heavy atom. The van der Waals surface area contributed by atoms with E-state index in [4.69, 9.17) is 9.47 Å². The van der Waals surface area contributed by atoms with E-state index in [1.54, 1.807) is 31.6 Å². The van der Waals surface area contributed by atoms with E-state index < -0.39 is 12.0 Å². The highest BCUT2D eigenvalue weighted by molar-refractivity contribution is 9.10. The van der Waals surface area contributed by atoms with Crippen molar-refractivity contribution in [3.63, 3.8) is 0 Å². The van der Waals surface area contributed by atoms with Crippen LogP contribution in [-0.4, -0.2) is 38.3 Å². The van der Waals surface area contributed by atoms with Gasteiger partial charge in [-0.15, -0.1) is 0 Å². The Morgan fingerprint density at radius 2 is 1.94 bits per heavy atom. The number of hydrogen-bond acceptors (Lipinski definition) is 7. The molecule has 182 valence electrons. The van der Waals surface area contributed by atoms with Crippen molar-refractivity contribution in [2.75, 3.05) is 32.7 Å². The Bertz CT molecular complexity index is 1490. The molecule has 0 fully saturated rings. The van der Waals surface area contributed by atoms with E-state index in [1.807, 2.05) is 61.5 Å². The highest BCUT2D eigenvalue weighted by Gasteiger charge is 2.33. The smallest absolute Gasteiger partial charge is 0.338 e. The molecule has 1 aliphatic rings. The number of fused-ring (bicyclic) bond motifs is 1. The fourth-order valence-corrected chi connectivity index (χ4v) is 5.44. The minimum Gasteiger partial charge on any atom is -0.496 e. The highest BCUT2D eigenvalue weighted by Crippen LogP contribution is 2.31. The third-order valence-corrected chi connectivity index (χ3v) is 7.20. The van der Waals surface area contributed by atoms with Crippen LogP contribution >= 0.6 is 27.3 Å². The molecule has 0 saturated carbocycles. The Kier molecular flexibility index (Phi) is 7.28. The molecule has 0 radical (unpaired) electrons. The number of rotatable bonds is 6. The first-order valence-corrected chi connectivity index (χ1v) is 12.7. The van der Waals surface area contributed by atoms with E-state index in [2.05, 4.69) is 20.9 Å². The number of carbonyl (C=O) groups is 1. The molecule has 0 spiro atoms. The largest absolute Gasteiger partial charge is 0.496 e. The molecule has 9 heteroatoms. The molecule has 0 bridgehead atoms. The molecule has 2 heterocycles. The van der Waals surface area contributed by atoms with Crippen molar-refractivity contribution >= 4 is 45.0 Å². The quantitative estimate of drug-likeness (QED) is 0.434. The molecular formula is C26H26BrN3O4S. The maximum absolute atomic E-state index is 13.7. The summed E-state index contributed by atoms with van der Waals surface area (Å²) >= 11 is 4.76. The lowest BCUT2D eigenvalue weighted by atomic mass is 9.95. The topological polar surface area (TPSA) is 73.1 Å². The minimum atomic E-state index is -0.645. The van der Waals surface area contributed by atoms with Gasteiger partial charge in [-0.3, -0.25) is 9.36 Å². The van der Waals surface area contributed by atoms with Gasteiger partial charge in [0.25, 0.3) is 5.56 Å². The van der Waals surface area contributed by atoms with Crippen LogP contribution in [0.4, 0.5) is 5.69 Å². The van der Waals surface area contributed by atoms with E-state index in [0.717, 1.165) is 21.3 Å². The van der Waals surface area contributed by atoms with Crippen LogP contribution in [0.2, 0.25) is 0 Å². The molecule has 1 aromatic heterocycles. The lowest BCUT2D eigenvalue weighted by Crippen LogP contribution is -2.40. The van der Waals surface area contributed by atoms with Crippen molar-refractivity contribution in [3.05, 3.63) is 89.0 Å². The van der Waals surface area contributed by atoms with Gasteiger partial charge in [-0.1, -0.05) is 39.4 Å². The van der Waals surface area contributed by atoms with Crippen molar-refractivity contribution in [1.82, 2.24) is 4.57 Å². The predicted octanol–water partition coefficient (Wildman–Crippen LogP) is 3.64. The van der Waals surface area contributed by atoms with Crippen molar-refractivity contribution < 1.29 is 14.3 Å². The molecule has 0 N–H and O–H groups in total. The normalized spacial score (nSPS) is 15.5. The van der Waals surface area contributed by atoms with Gasteiger partial charge in [0.05, 0.1) is 35.6 Å². The van der Waals surface area contributed by atoms with E-state index in [9.17, 15) is 9.59 Å². The summed E-state index contributed by atoms with van der Waals surface area (Å²) in [6.45, 7) is 3.77. The molecule has 0 amide bonds. The van der Waals surface area contributed by atoms with Crippen molar-refractivity contribution in [1.29, 1.82) is 0 Å². The molecule has 1 atom stereocenters. The fourth-order valence-electron chi connectivity index (χ4n) is 4.02. The van der Waals surface area contributed by atoms with Crippen LogP contribution in [0.15, 0.2) is 68.0 Å². The van der Waals surface area contributed by atoms with Gasteiger partial charge in [0.2, 0.25) is 0 Å². The zero-order valence-corrected chi connectivity index (χ0v) is 22.6. The monoisotopic (exact) mass is 555 g/mol. The average molecular weight is 556 g/mol. The summed E-state index contributed by atoms with van der Waals surface area (Å²) in [5.74, 6) is 0.177. The molecule has 0 saturated heterocycles. The molecule has 35 heavy (non-hydrogen) atoms. The van der Waals surface area contributed by atoms with Gasteiger partial charge < -0.3 is 14.4 Å². The van der Waals surface area contributed by atoms with Crippen molar-refractivity contribution in [3.8, 4) is 5.75 Å². The maximum atomic E-state index is 13.7. The van der Waals surface area contributed by atoms with Crippen LogP contribution in [-0.2, 0) is 9.53 Å². The van der Waals surface area contributed by atoms with Gasteiger partial charge in [-0.05, 0) is 55.8 Å². The predicted molar refractivity (Wildman–Crippen MR) is 142 cm³/mol. The maximum Gasteiger partial charge on any atom is 0.338 e. The summed E-state index contributed by atoms with van der Waals surface area (Å²) in [4.78, 5) is 33.9. The number of hydrogen-bond donors (Lipinski definition) is 0. The Morgan fingerprint density at radius 3 is 2.57 bits per heavy atom. The number of allylic oxidation sites excluding steroid dienone is 1. The summed E-state index contributed by atoms with van der Waals surface area (Å²) in [5, 5.41) is 0. The standard InChI is InChI=1S/C26H26BrN3O4S/c1-6-34-25(32)22-15(2)28-26-30(23(22)16-7-10-19(11-8-16)29(3)4)24(31)21(35-26)14-17-13-18(27)9-12-20(17)33-5/h7-14,23H,6H2,1-5H3/b21-14+. The third-order valence-electron chi connectivity index (χ3n) is 5.72. The van der Waals surface area contributed by atoms with E-state index in [0.29, 0.717) is 26.4 Å². The van der Waals surface area contributed by atoms with Crippen LogP contribution < -0.4 is 24.5 Å². The molecule has 7 nitrogen and oxygen atoms in total. The van der Waals surface area contributed by atoms with Gasteiger partial charge in [0.1, 0.15) is 5.75 Å². The zero-order chi connectivity index (χ0) is 25.3. The van der Waals surface area contributed by atoms with Gasteiger partial charge in [0, 0.05) is 29.8 Å². The van der Waals surface area contributed by atoms with Gasteiger partial charge in [0.15, 0.2) is 4.80 Å². The Labute approximate surface area is 215 Å². The summed E-state index contributed by atoms with van der Waals surface area (Å²) < 4.78 is 13.8. The van der Waals surface area contributed by atoms with E-state index in [1.165, 1.54) is 11.3 Å². The second-order valence-corrected chi connectivity index (χ2v) is 10.1. The molecule has 4 rings (SSSR count). The number of anilines is 1.